The monoisotopic (exact) mass is 522 g/mol. The van der Waals surface area contributed by atoms with Crippen molar-refractivity contribution in [3.63, 3.8) is 0 Å². The molecule has 0 amide bonds. The Labute approximate surface area is 219 Å². The maximum Gasteiger partial charge on any atom is 0.243 e. The molecule has 8 nitrogen and oxygen atoms in total. The summed E-state index contributed by atoms with van der Waals surface area (Å²) >= 11 is 0. The Morgan fingerprint density at radius 3 is 2.54 bits per heavy atom. The summed E-state index contributed by atoms with van der Waals surface area (Å²) in [6.07, 6.45) is 6.92. The minimum atomic E-state index is -3.50. The average molecular weight is 523 g/mol. The summed E-state index contributed by atoms with van der Waals surface area (Å²) in [6.45, 7) is 3.13. The topological polar surface area (TPSA) is 84.9 Å². The number of benzene rings is 1. The van der Waals surface area contributed by atoms with E-state index in [0.29, 0.717) is 43.3 Å². The number of aromatic nitrogens is 2. The Kier molecular flexibility index (Phi) is 8.02. The van der Waals surface area contributed by atoms with Gasteiger partial charge < -0.3 is 14.4 Å². The molecule has 3 aromatic rings. The molecule has 1 aromatic carbocycles. The fourth-order valence-electron chi connectivity index (χ4n) is 5.21. The van der Waals surface area contributed by atoms with Gasteiger partial charge in [0.25, 0.3) is 0 Å². The van der Waals surface area contributed by atoms with Crippen LogP contribution in [0.3, 0.4) is 0 Å². The lowest BCUT2D eigenvalue weighted by atomic mass is 10.0. The van der Waals surface area contributed by atoms with E-state index in [1.54, 1.807) is 41.9 Å². The second-order valence-electron chi connectivity index (χ2n) is 9.69. The van der Waals surface area contributed by atoms with E-state index in [1.807, 2.05) is 30.5 Å². The highest BCUT2D eigenvalue weighted by Crippen LogP contribution is 2.31. The van der Waals surface area contributed by atoms with Gasteiger partial charge in [-0.1, -0.05) is 24.3 Å². The third kappa shape index (κ3) is 5.95. The van der Waals surface area contributed by atoms with Gasteiger partial charge in [-0.2, -0.15) is 4.31 Å². The van der Waals surface area contributed by atoms with Gasteiger partial charge in [0.15, 0.2) is 0 Å². The zero-order chi connectivity index (χ0) is 25.7. The van der Waals surface area contributed by atoms with Crippen LogP contribution in [0.4, 0.5) is 5.82 Å². The first kappa shape index (κ1) is 25.6. The molecule has 0 saturated carbocycles. The number of piperidine rings is 1. The summed E-state index contributed by atoms with van der Waals surface area (Å²) in [7, 11) is -1.82. The molecule has 2 aromatic heterocycles. The molecule has 5 rings (SSSR count). The average Bonchev–Trinajstić information content (AvgIpc) is 3.46. The SMILES string of the molecule is COc1ccc(N(Cc2cccnc2)C2CCN(S(=O)(=O)c3ccccc3)CC2)nc1C[C@@H]1CCOC1. The van der Waals surface area contributed by atoms with Crippen LogP contribution in [0.1, 0.15) is 30.5 Å². The van der Waals surface area contributed by atoms with Crippen molar-refractivity contribution in [3.05, 3.63) is 78.2 Å². The van der Waals surface area contributed by atoms with E-state index in [9.17, 15) is 8.42 Å². The van der Waals surface area contributed by atoms with Gasteiger partial charge in [-0.05, 0) is 67.5 Å². The molecule has 0 unspecified atom stereocenters. The van der Waals surface area contributed by atoms with E-state index in [2.05, 4.69) is 16.0 Å². The summed E-state index contributed by atoms with van der Waals surface area (Å²) in [4.78, 5) is 12.0. The zero-order valence-corrected chi connectivity index (χ0v) is 22.0. The molecule has 0 N–H and O–H groups in total. The number of pyridine rings is 2. The van der Waals surface area contributed by atoms with Gasteiger partial charge >= 0.3 is 0 Å². The second kappa shape index (κ2) is 11.6. The number of nitrogens with zero attached hydrogens (tertiary/aromatic N) is 4. The zero-order valence-electron chi connectivity index (χ0n) is 21.2. The van der Waals surface area contributed by atoms with Gasteiger partial charge in [0.2, 0.25) is 10.0 Å². The molecule has 9 heteroatoms. The highest BCUT2D eigenvalue weighted by Gasteiger charge is 2.32. The molecular weight excluding hydrogens is 488 g/mol. The molecule has 1 atom stereocenters. The van der Waals surface area contributed by atoms with E-state index >= 15 is 0 Å². The third-order valence-electron chi connectivity index (χ3n) is 7.26. The quantitative estimate of drug-likeness (QED) is 0.421. The fraction of sp³-hybridized carbons (Fsp3) is 0.429. The molecule has 0 spiro atoms. The number of anilines is 1. The fourth-order valence-corrected chi connectivity index (χ4v) is 6.70. The van der Waals surface area contributed by atoms with Crippen molar-refractivity contribution >= 4 is 15.8 Å². The third-order valence-corrected chi connectivity index (χ3v) is 9.17. The van der Waals surface area contributed by atoms with Gasteiger partial charge in [0.1, 0.15) is 11.6 Å². The van der Waals surface area contributed by atoms with E-state index in [0.717, 1.165) is 48.9 Å². The Bertz CT molecular complexity index is 1260. The number of hydrogen-bond donors (Lipinski definition) is 0. The van der Waals surface area contributed by atoms with Gasteiger partial charge in [0, 0.05) is 51.3 Å². The van der Waals surface area contributed by atoms with Crippen LogP contribution in [0, 0.1) is 5.92 Å². The molecule has 0 radical (unpaired) electrons. The molecule has 196 valence electrons. The smallest absolute Gasteiger partial charge is 0.243 e. The lowest BCUT2D eigenvalue weighted by molar-refractivity contribution is 0.185. The van der Waals surface area contributed by atoms with Gasteiger partial charge in [-0.15, -0.1) is 0 Å². The van der Waals surface area contributed by atoms with Gasteiger partial charge in [0.05, 0.1) is 17.7 Å². The Balaban J connectivity index is 1.39. The summed E-state index contributed by atoms with van der Waals surface area (Å²) < 4.78 is 39.2. The van der Waals surface area contributed by atoms with Gasteiger partial charge in [-0.3, -0.25) is 4.98 Å². The molecule has 2 saturated heterocycles. The van der Waals surface area contributed by atoms with E-state index < -0.39 is 10.0 Å². The lowest BCUT2D eigenvalue weighted by Crippen LogP contribution is -2.47. The van der Waals surface area contributed by atoms with Crippen molar-refractivity contribution in [2.24, 2.45) is 5.92 Å². The molecular formula is C28H34N4O4S. The molecule has 4 heterocycles. The maximum atomic E-state index is 13.2. The largest absolute Gasteiger partial charge is 0.495 e. The van der Waals surface area contributed by atoms with Gasteiger partial charge in [-0.25, -0.2) is 13.4 Å². The van der Waals surface area contributed by atoms with Crippen molar-refractivity contribution in [1.82, 2.24) is 14.3 Å². The van der Waals surface area contributed by atoms with Crippen LogP contribution in [0.15, 0.2) is 71.9 Å². The summed E-state index contributed by atoms with van der Waals surface area (Å²) in [6, 6.07) is 16.8. The number of ether oxygens (including phenoxy) is 2. The van der Waals surface area contributed by atoms with Crippen LogP contribution in [0.5, 0.6) is 5.75 Å². The molecule has 2 aliphatic rings. The Morgan fingerprint density at radius 1 is 1.05 bits per heavy atom. The number of methoxy groups -OCH3 is 1. The number of rotatable bonds is 9. The first-order valence-electron chi connectivity index (χ1n) is 12.9. The second-order valence-corrected chi connectivity index (χ2v) is 11.6. The molecule has 0 bridgehead atoms. The first-order chi connectivity index (χ1) is 18.0. The predicted molar refractivity (Wildman–Crippen MR) is 142 cm³/mol. The maximum absolute atomic E-state index is 13.2. The highest BCUT2D eigenvalue weighted by molar-refractivity contribution is 7.89. The van der Waals surface area contributed by atoms with Crippen LogP contribution in [-0.2, 0) is 27.7 Å². The van der Waals surface area contributed by atoms with E-state index in [4.69, 9.17) is 14.5 Å². The lowest BCUT2D eigenvalue weighted by Gasteiger charge is -2.39. The molecule has 0 aliphatic carbocycles. The van der Waals surface area contributed by atoms with Crippen LogP contribution in [-0.4, -0.2) is 62.1 Å². The summed E-state index contributed by atoms with van der Waals surface area (Å²) in [5, 5.41) is 0. The van der Waals surface area contributed by atoms with Crippen LogP contribution >= 0.6 is 0 Å². The van der Waals surface area contributed by atoms with Crippen LogP contribution in [0.25, 0.3) is 0 Å². The summed E-state index contributed by atoms with van der Waals surface area (Å²) in [5.41, 5.74) is 2.03. The highest BCUT2D eigenvalue weighted by atomic mass is 32.2. The van der Waals surface area contributed by atoms with E-state index in [1.165, 1.54) is 0 Å². The minimum Gasteiger partial charge on any atom is -0.495 e. The predicted octanol–water partition coefficient (Wildman–Crippen LogP) is 3.92. The molecule has 37 heavy (non-hydrogen) atoms. The standard InChI is InChI=1S/C28H34N4O4S/c1-35-27-9-10-28(30-26(27)18-22-13-17-36-21-22)32(20-23-6-5-14-29-19-23)24-11-15-31(16-12-24)37(33,34)25-7-3-2-4-8-25/h2-10,14,19,22,24H,11-13,15-18,20-21H2,1H3/t22-/m0/s1. The summed E-state index contributed by atoms with van der Waals surface area (Å²) in [5.74, 6) is 2.11. The Morgan fingerprint density at radius 2 is 1.86 bits per heavy atom. The number of sulfonamides is 1. The molecule has 2 aliphatic heterocycles. The van der Waals surface area contributed by atoms with Crippen molar-refractivity contribution < 1.29 is 17.9 Å². The van der Waals surface area contributed by atoms with Crippen molar-refractivity contribution in [1.29, 1.82) is 0 Å². The molecule has 2 fully saturated rings. The van der Waals surface area contributed by atoms with Crippen LogP contribution < -0.4 is 9.64 Å². The number of hydrogen-bond acceptors (Lipinski definition) is 7. The normalized spacial score (nSPS) is 19.1. The Hall–Kier alpha value is -3.01. The van der Waals surface area contributed by atoms with Crippen molar-refractivity contribution in [3.8, 4) is 5.75 Å². The van der Waals surface area contributed by atoms with Crippen molar-refractivity contribution in [2.75, 3.05) is 38.3 Å². The van der Waals surface area contributed by atoms with Crippen LogP contribution in [0.2, 0.25) is 0 Å². The van der Waals surface area contributed by atoms with E-state index in [-0.39, 0.29) is 6.04 Å². The minimum absolute atomic E-state index is 0.144. The van der Waals surface area contributed by atoms with Crippen molar-refractivity contribution in [2.45, 2.75) is 43.2 Å². The first-order valence-corrected chi connectivity index (χ1v) is 14.3.